The van der Waals surface area contributed by atoms with E-state index in [0.717, 1.165) is 44.5 Å². The van der Waals surface area contributed by atoms with Crippen molar-refractivity contribution in [2.45, 2.75) is 38.2 Å². The predicted octanol–water partition coefficient (Wildman–Crippen LogP) is 5.75. The van der Waals surface area contributed by atoms with Gasteiger partial charge < -0.3 is 14.9 Å². The second kappa shape index (κ2) is 12.8. The number of piperidine rings is 1. The van der Waals surface area contributed by atoms with Crippen LogP contribution in [0.3, 0.4) is 0 Å². The van der Waals surface area contributed by atoms with E-state index in [-0.39, 0.29) is 30.3 Å². The number of halogens is 3. The molecule has 1 aliphatic heterocycles. The number of rotatable bonds is 8. The van der Waals surface area contributed by atoms with Gasteiger partial charge in [-0.25, -0.2) is 0 Å². The average molecular weight is 500 g/mol. The van der Waals surface area contributed by atoms with Crippen LogP contribution >= 0.6 is 35.6 Å². The number of likely N-dealkylation sites (N-methyl/N-ethyl adjacent to an activating group) is 1. The summed E-state index contributed by atoms with van der Waals surface area (Å²) in [6.45, 7) is 5.45. The Morgan fingerprint density at radius 2 is 1.78 bits per heavy atom. The first kappa shape index (κ1) is 26.9. The van der Waals surface area contributed by atoms with Crippen LogP contribution in [0.1, 0.15) is 48.0 Å². The van der Waals surface area contributed by atoms with Crippen LogP contribution in [0.15, 0.2) is 48.5 Å². The van der Waals surface area contributed by atoms with Gasteiger partial charge in [-0.15, -0.1) is 12.4 Å². The molecule has 1 heterocycles. The average Bonchev–Trinajstić information content (AvgIpc) is 2.78. The summed E-state index contributed by atoms with van der Waals surface area (Å²) in [4.78, 5) is 17.1. The standard InChI is InChI=1S/C25H32Cl2N2O2.ClH/c1-18(30)19-10-13-29(14-11-19)15-12-22(21-8-9-23(26)24(27)16-21)17-28(2)25(31)20-6-4-3-5-7-20;/h3-9,16,18-19,22,30H,10-15,17H2,1-2H3;1H. The van der Waals surface area contributed by atoms with Crippen molar-refractivity contribution in [1.82, 2.24) is 9.80 Å². The molecule has 2 atom stereocenters. The molecule has 0 aromatic heterocycles. The zero-order valence-corrected chi connectivity index (χ0v) is 21.0. The lowest BCUT2D eigenvalue weighted by atomic mass is 9.91. The lowest BCUT2D eigenvalue weighted by Gasteiger charge is -2.34. The van der Waals surface area contributed by atoms with E-state index in [9.17, 15) is 9.90 Å². The number of benzene rings is 2. The number of hydrogen-bond acceptors (Lipinski definition) is 3. The number of carbonyl (C=O) groups excluding carboxylic acids is 1. The maximum absolute atomic E-state index is 12.9. The molecule has 1 saturated heterocycles. The number of carbonyl (C=O) groups is 1. The molecule has 1 N–H and O–H groups in total. The summed E-state index contributed by atoms with van der Waals surface area (Å²) in [6.07, 6.45) is 2.75. The first-order chi connectivity index (χ1) is 14.8. The summed E-state index contributed by atoms with van der Waals surface area (Å²) in [6, 6.07) is 15.1. The van der Waals surface area contributed by atoms with E-state index >= 15 is 0 Å². The number of amides is 1. The number of hydrogen-bond donors (Lipinski definition) is 1. The Hall–Kier alpha value is -1.30. The van der Waals surface area contributed by atoms with Gasteiger partial charge in [-0.1, -0.05) is 47.5 Å². The minimum absolute atomic E-state index is 0. The van der Waals surface area contributed by atoms with Crippen molar-refractivity contribution in [3.05, 3.63) is 69.7 Å². The van der Waals surface area contributed by atoms with E-state index in [1.807, 2.05) is 62.5 Å². The van der Waals surface area contributed by atoms with Crippen molar-refractivity contribution in [3.63, 3.8) is 0 Å². The largest absolute Gasteiger partial charge is 0.393 e. The molecule has 0 spiro atoms. The van der Waals surface area contributed by atoms with Crippen LogP contribution in [0, 0.1) is 5.92 Å². The molecule has 2 aromatic rings. The van der Waals surface area contributed by atoms with Crippen LogP contribution in [0.5, 0.6) is 0 Å². The lowest BCUT2D eigenvalue weighted by molar-refractivity contribution is 0.0696. The zero-order valence-electron chi connectivity index (χ0n) is 18.7. The van der Waals surface area contributed by atoms with Gasteiger partial charge in [-0.2, -0.15) is 0 Å². The molecule has 2 aromatic carbocycles. The monoisotopic (exact) mass is 498 g/mol. The lowest BCUT2D eigenvalue weighted by Crippen LogP contribution is -2.38. The van der Waals surface area contributed by atoms with Gasteiger partial charge >= 0.3 is 0 Å². The highest BCUT2D eigenvalue weighted by molar-refractivity contribution is 6.42. The maximum Gasteiger partial charge on any atom is 0.253 e. The smallest absolute Gasteiger partial charge is 0.253 e. The Balaban J connectivity index is 0.00000363. The van der Waals surface area contributed by atoms with Gasteiger partial charge in [0.05, 0.1) is 16.1 Å². The third-order valence-corrected chi connectivity index (χ3v) is 7.12. The molecule has 0 saturated carbocycles. The Morgan fingerprint density at radius 1 is 1.12 bits per heavy atom. The Bertz CT molecular complexity index is 856. The van der Waals surface area contributed by atoms with E-state index in [2.05, 4.69) is 4.90 Å². The fourth-order valence-electron chi connectivity index (χ4n) is 4.34. The van der Waals surface area contributed by atoms with Gasteiger partial charge in [0.15, 0.2) is 0 Å². The molecule has 0 aliphatic carbocycles. The van der Waals surface area contributed by atoms with Gasteiger partial charge in [-0.3, -0.25) is 4.79 Å². The van der Waals surface area contributed by atoms with Crippen LogP contribution in [-0.2, 0) is 0 Å². The summed E-state index contributed by atoms with van der Waals surface area (Å²) in [5.74, 6) is 0.571. The molecule has 176 valence electrons. The number of aliphatic hydroxyl groups excluding tert-OH is 1. The molecular weight excluding hydrogens is 467 g/mol. The van der Waals surface area contributed by atoms with Crippen LogP contribution in [0.2, 0.25) is 10.0 Å². The second-order valence-corrected chi connectivity index (χ2v) is 9.44. The third-order valence-electron chi connectivity index (χ3n) is 6.38. The molecule has 7 heteroatoms. The van der Waals surface area contributed by atoms with E-state index in [4.69, 9.17) is 23.2 Å². The van der Waals surface area contributed by atoms with E-state index < -0.39 is 0 Å². The van der Waals surface area contributed by atoms with Crippen molar-refractivity contribution in [3.8, 4) is 0 Å². The predicted molar refractivity (Wildman–Crippen MR) is 135 cm³/mol. The van der Waals surface area contributed by atoms with E-state index in [1.54, 1.807) is 4.90 Å². The maximum atomic E-state index is 12.9. The Labute approximate surface area is 207 Å². The van der Waals surface area contributed by atoms with Crippen molar-refractivity contribution in [1.29, 1.82) is 0 Å². The van der Waals surface area contributed by atoms with Crippen molar-refractivity contribution in [2.75, 3.05) is 33.2 Å². The molecule has 0 radical (unpaired) electrons. The fraction of sp³-hybridized carbons (Fsp3) is 0.480. The number of nitrogens with zero attached hydrogens (tertiary/aromatic N) is 2. The molecule has 3 rings (SSSR count). The minimum atomic E-state index is -0.233. The summed E-state index contributed by atoms with van der Waals surface area (Å²) in [5.41, 5.74) is 1.79. The minimum Gasteiger partial charge on any atom is -0.393 e. The zero-order chi connectivity index (χ0) is 22.4. The summed E-state index contributed by atoms with van der Waals surface area (Å²) in [7, 11) is 1.86. The quantitative estimate of drug-likeness (QED) is 0.502. The SMILES string of the molecule is CC(O)C1CCN(CCC(CN(C)C(=O)c2ccccc2)c2ccc(Cl)c(Cl)c2)CC1.Cl. The van der Waals surface area contributed by atoms with Crippen LogP contribution in [0.25, 0.3) is 0 Å². The topological polar surface area (TPSA) is 43.8 Å². The first-order valence-electron chi connectivity index (χ1n) is 11.0. The number of likely N-dealkylation sites (tertiary alicyclic amines) is 1. The van der Waals surface area contributed by atoms with E-state index in [0.29, 0.717) is 28.1 Å². The third kappa shape index (κ3) is 7.36. The molecule has 0 bridgehead atoms. The molecular formula is C25H33Cl3N2O2. The van der Waals surface area contributed by atoms with Gasteiger partial charge in [0, 0.05) is 25.1 Å². The fourth-order valence-corrected chi connectivity index (χ4v) is 4.65. The highest BCUT2D eigenvalue weighted by Crippen LogP contribution is 2.30. The van der Waals surface area contributed by atoms with Gasteiger partial charge in [0.1, 0.15) is 0 Å². The first-order valence-corrected chi connectivity index (χ1v) is 11.8. The summed E-state index contributed by atoms with van der Waals surface area (Å²) < 4.78 is 0. The normalized spacial score (nSPS) is 16.8. The Morgan fingerprint density at radius 3 is 2.38 bits per heavy atom. The molecule has 32 heavy (non-hydrogen) atoms. The van der Waals surface area contributed by atoms with Gasteiger partial charge in [-0.05, 0) is 81.6 Å². The van der Waals surface area contributed by atoms with E-state index in [1.165, 1.54) is 0 Å². The number of aliphatic hydroxyl groups is 1. The highest BCUT2D eigenvalue weighted by atomic mass is 35.5. The van der Waals surface area contributed by atoms with Crippen molar-refractivity contribution >= 4 is 41.5 Å². The molecule has 1 aliphatic rings. The van der Waals surface area contributed by atoms with Crippen LogP contribution in [-0.4, -0.2) is 60.1 Å². The molecule has 4 nitrogen and oxygen atoms in total. The molecule has 1 amide bonds. The van der Waals surface area contributed by atoms with Gasteiger partial charge in [0.25, 0.3) is 5.91 Å². The summed E-state index contributed by atoms with van der Waals surface area (Å²) in [5, 5.41) is 10.9. The highest BCUT2D eigenvalue weighted by Gasteiger charge is 2.24. The van der Waals surface area contributed by atoms with Crippen molar-refractivity contribution in [2.24, 2.45) is 5.92 Å². The Kier molecular flexibility index (Phi) is 10.8. The van der Waals surface area contributed by atoms with Crippen molar-refractivity contribution < 1.29 is 9.90 Å². The summed E-state index contributed by atoms with van der Waals surface area (Å²) >= 11 is 12.4. The second-order valence-electron chi connectivity index (χ2n) is 8.63. The van der Waals surface area contributed by atoms with Gasteiger partial charge in [0.2, 0.25) is 0 Å². The molecule has 2 unspecified atom stereocenters. The van der Waals surface area contributed by atoms with Crippen LogP contribution < -0.4 is 0 Å². The van der Waals surface area contributed by atoms with Crippen LogP contribution in [0.4, 0.5) is 0 Å². The molecule has 1 fully saturated rings.